The van der Waals surface area contributed by atoms with E-state index in [9.17, 15) is 4.39 Å². The van der Waals surface area contributed by atoms with Crippen LogP contribution in [0.1, 0.15) is 12.0 Å². The van der Waals surface area contributed by atoms with E-state index in [-0.39, 0.29) is 5.75 Å². The normalized spacial score (nSPS) is 21.2. The molecular formula is C10H12FNO. The number of aromatic hydroxyl groups is 1. The van der Waals surface area contributed by atoms with E-state index in [0.29, 0.717) is 6.04 Å². The van der Waals surface area contributed by atoms with Crippen LogP contribution in [0.3, 0.4) is 0 Å². The molecule has 1 heterocycles. The average Bonchev–Trinajstić information content (AvgIpc) is 2.04. The molecule has 1 aromatic carbocycles. The summed E-state index contributed by atoms with van der Waals surface area (Å²) in [5.74, 6) is -0.804. The first kappa shape index (κ1) is 8.51. The van der Waals surface area contributed by atoms with E-state index in [1.807, 2.05) is 0 Å². The van der Waals surface area contributed by atoms with Crippen LogP contribution < -0.4 is 5.32 Å². The molecule has 2 nitrogen and oxygen atoms in total. The van der Waals surface area contributed by atoms with Crippen molar-refractivity contribution < 1.29 is 9.50 Å². The third-order valence-electron chi connectivity index (χ3n) is 2.42. The molecule has 0 aliphatic carbocycles. The number of halogens is 1. The van der Waals surface area contributed by atoms with Gasteiger partial charge in [-0.2, -0.15) is 0 Å². The Kier molecular flexibility index (Phi) is 2.19. The van der Waals surface area contributed by atoms with Gasteiger partial charge in [-0.3, -0.25) is 0 Å². The molecule has 1 saturated heterocycles. The Balaban J connectivity index is 2.07. The Labute approximate surface area is 76.4 Å². The molecule has 0 bridgehead atoms. The Hall–Kier alpha value is -1.09. The zero-order valence-corrected chi connectivity index (χ0v) is 7.26. The molecule has 0 spiro atoms. The second-order valence-corrected chi connectivity index (χ2v) is 3.43. The van der Waals surface area contributed by atoms with Crippen molar-refractivity contribution in [3.63, 3.8) is 0 Å². The van der Waals surface area contributed by atoms with Crippen LogP contribution in [0, 0.1) is 5.82 Å². The summed E-state index contributed by atoms with van der Waals surface area (Å²) in [5, 5.41) is 12.2. The van der Waals surface area contributed by atoms with Crippen LogP contribution in [-0.4, -0.2) is 17.7 Å². The smallest absolute Gasteiger partial charge is 0.165 e. The van der Waals surface area contributed by atoms with Gasteiger partial charge in [0.1, 0.15) is 0 Å². The van der Waals surface area contributed by atoms with E-state index in [1.165, 1.54) is 12.1 Å². The second-order valence-electron chi connectivity index (χ2n) is 3.43. The number of hydrogen-bond acceptors (Lipinski definition) is 2. The summed E-state index contributed by atoms with van der Waals surface area (Å²) in [6.45, 7) is 1.06. The van der Waals surface area contributed by atoms with Crippen molar-refractivity contribution in [2.24, 2.45) is 0 Å². The molecule has 1 aliphatic rings. The predicted octanol–water partition coefficient (Wildman–Crippen LogP) is 1.44. The van der Waals surface area contributed by atoms with Crippen molar-refractivity contribution in [2.45, 2.75) is 18.9 Å². The maximum atomic E-state index is 12.9. The number of nitrogens with one attached hydrogen (secondary N) is 1. The van der Waals surface area contributed by atoms with Crippen LogP contribution in [0.2, 0.25) is 0 Å². The van der Waals surface area contributed by atoms with Crippen molar-refractivity contribution in [1.29, 1.82) is 0 Å². The molecule has 13 heavy (non-hydrogen) atoms. The van der Waals surface area contributed by atoms with Gasteiger partial charge in [0.25, 0.3) is 0 Å². The zero-order chi connectivity index (χ0) is 9.26. The number of rotatable bonds is 2. The highest BCUT2D eigenvalue weighted by Gasteiger charge is 2.16. The van der Waals surface area contributed by atoms with E-state index in [4.69, 9.17) is 5.11 Å². The van der Waals surface area contributed by atoms with E-state index in [2.05, 4.69) is 5.32 Å². The van der Waals surface area contributed by atoms with Crippen molar-refractivity contribution in [3.8, 4) is 5.75 Å². The molecule has 1 aromatic rings. The Bertz CT molecular complexity index is 310. The molecular weight excluding hydrogens is 169 g/mol. The first-order valence-corrected chi connectivity index (χ1v) is 4.46. The first-order chi connectivity index (χ1) is 6.25. The van der Waals surface area contributed by atoms with Gasteiger partial charge in [0.2, 0.25) is 0 Å². The quantitative estimate of drug-likeness (QED) is 0.723. The SMILES string of the molecule is Oc1ccc(CC2CCN2)cc1F. The highest BCUT2D eigenvalue weighted by Crippen LogP contribution is 2.18. The lowest BCUT2D eigenvalue weighted by Gasteiger charge is -2.27. The van der Waals surface area contributed by atoms with Gasteiger partial charge in [-0.05, 0) is 37.1 Å². The van der Waals surface area contributed by atoms with Gasteiger partial charge >= 0.3 is 0 Å². The lowest BCUT2D eigenvalue weighted by molar-refractivity contribution is 0.368. The van der Waals surface area contributed by atoms with E-state index >= 15 is 0 Å². The van der Waals surface area contributed by atoms with Crippen LogP contribution in [0.5, 0.6) is 5.75 Å². The molecule has 1 unspecified atom stereocenters. The van der Waals surface area contributed by atoms with Crippen LogP contribution >= 0.6 is 0 Å². The summed E-state index contributed by atoms with van der Waals surface area (Å²) < 4.78 is 12.9. The van der Waals surface area contributed by atoms with Crippen LogP contribution in [0.15, 0.2) is 18.2 Å². The largest absolute Gasteiger partial charge is 0.505 e. The minimum Gasteiger partial charge on any atom is -0.505 e. The van der Waals surface area contributed by atoms with Crippen LogP contribution in [-0.2, 0) is 6.42 Å². The highest BCUT2D eigenvalue weighted by atomic mass is 19.1. The molecule has 0 amide bonds. The monoisotopic (exact) mass is 181 g/mol. The van der Waals surface area contributed by atoms with Gasteiger partial charge in [-0.15, -0.1) is 0 Å². The molecule has 70 valence electrons. The molecule has 3 heteroatoms. The standard InChI is InChI=1S/C10H12FNO/c11-9-6-7(1-2-10(9)13)5-8-3-4-12-8/h1-2,6,8,12-13H,3-5H2. The molecule has 0 radical (unpaired) electrons. The van der Waals surface area contributed by atoms with E-state index < -0.39 is 5.82 Å². The van der Waals surface area contributed by atoms with Gasteiger partial charge in [-0.25, -0.2) is 4.39 Å². The van der Waals surface area contributed by atoms with E-state index in [0.717, 1.165) is 24.9 Å². The first-order valence-electron chi connectivity index (χ1n) is 4.46. The molecule has 2 N–H and O–H groups in total. The summed E-state index contributed by atoms with van der Waals surface area (Å²) >= 11 is 0. The van der Waals surface area contributed by atoms with Crippen LogP contribution in [0.25, 0.3) is 0 Å². The summed E-state index contributed by atoms with van der Waals surface area (Å²) in [4.78, 5) is 0. The number of benzene rings is 1. The second kappa shape index (κ2) is 3.34. The lowest BCUT2D eigenvalue weighted by Crippen LogP contribution is -2.44. The number of phenols is 1. The average molecular weight is 181 g/mol. The van der Waals surface area contributed by atoms with Crippen molar-refractivity contribution >= 4 is 0 Å². The third-order valence-corrected chi connectivity index (χ3v) is 2.42. The maximum Gasteiger partial charge on any atom is 0.165 e. The zero-order valence-electron chi connectivity index (χ0n) is 7.26. The minimum absolute atomic E-state index is 0.273. The topological polar surface area (TPSA) is 32.3 Å². The highest BCUT2D eigenvalue weighted by molar-refractivity contribution is 5.28. The lowest BCUT2D eigenvalue weighted by atomic mass is 9.98. The van der Waals surface area contributed by atoms with Gasteiger partial charge < -0.3 is 10.4 Å². The molecule has 1 atom stereocenters. The fraction of sp³-hybridized carbons (Fsp3) is 0.400. The van der Waals surface area contributed by atoms with Gasteiger partial charge in [0, 0.05) is 6.04 Å². The van der Waals surface area contributed by atoms with Crippen molar-refractivity contribution in [1.82, 2.24) is 5.32 Å². The molecule has 0 saturated carbocycles. The maximum absolute atomic E-state index is 12.9. The summed E-state index contributed by atoms with van der Waals surface area (Å²) in [6, 6.07) is 5.06. The summed E-state index contributed by atoms with van der Waals surface area (Å²) in [5.41, 5.74) is 0.938. The predicted molar refractivity (Wildman–Crippen MR) is 48.2 cm³/mol. The van der Waals surface area contributed by atoms with Crippen LogP contribution in [0.4, 0.5) is 4.39 Å². The summed E-state index contributed by atoms with van der Waals surface area (Å²) in [7, 11) is 0. The third kappa shape index (κ3) is 1.80. The van der Waals surface area contributed by atoms with Crippen molar-refractivity contribution in [2.75, 3.05) is 6.54 Å². The molecule has 2 rings (SSSR count). The molecule has 1 fully saturated rings. The fourth-order valence-corrected chi connectivity index (χ4v) is 1.48. The fourth-order valence-electron chi connectivity index (χ4n) is 1.48. The van der Waals surface area contributed by atoms with Gasteiger partial charge in [0.15, 0.2) is 11.6 Å². The summed E-state index contributed by atoms with van der Waals surface area (Å²) in [6.07, 6.45) is 2.00. The van der Waals surface area contributed by atoms with E-state index in [1.54, 1.807) is 6.07 Å². The van der Waals surface area contributed by atoms with Crippen molar-refractivity contribution in [3.05, 3.63) is 29.6 Å². The van der Waals surface area contributed by atoms with Gasteiger partial charge in [0.05, 0.1) is 0 Å². The van der Waals surface area contributed by atoms with Gasteiger partial charge in [-0.1, -0.05) is 6.07 Å². The molecule has 0 aromatic heterocycles. The number of phenolic OH excluding ortho intramolecular Hbond substituents is 1. The Morgan fingerprint density at radius 3 is 2.85 bits per heavy atom. The minimum atomic E-state index is -0.531. The molecule has 1 aliphatic heterocycles. The Morgan fingerprint density at radius 2 is 2.31 bits per heavy atom. The Morgan fingerprint density at radius 1 is 1.54 bits per heavy atom. The number of hydrogen-bond donors (Lipinski definition) is 2.